The molecule has 0 aromatic rings. The quantitative estimate of drug-likeness (QED) is 0.742. The van der Waals surface area contributed by atoms with Crippen molar-refractivity contribution in [2.24, 2.45) is 11.1 Å². The van der Waals surface area contributed by atoms with Crippen molar-refractivity contribution in [3.63, 3.8) is 0 Å². The fraction of sp³-hybridized carbons (Fsp3) is 0.938. The zero-order valence-electron chi connectivity index (χ0n) is 13.8. The van der Waals surface area contributed by atoms with Crippen LogP contribution in [-0.4, -0.2) is 54.5 Å². The molecule has 1 rings (SSSR count). The predicted octanol–water partition coefficient (Wildman–Crippen LogP) is 2.08. The molecule has 0 bridgehead atoms. The molecule has 1 saturated heterocycles. The van der Waals surface area contributed by atoms with Crippen LogP contribution in [0.25, 0.3) is 0 Å². The van der Waals surface area contributed by atoms with E-state index in [0.717, 1.165) is 26.2 Å². The van der Waals surface area contributed by atoms with Gasteiger partial charge in [0.1, 0.15) is 0 Å². The molecule has 20 heavy (non-hydrogen) atoms. The Morgan fingerprint density at radius 1 is 1.25 bits per heavy atom. The van der Waals surface area contributed by atoms with Gasteiger partial charge in [0.05, 0.1) is 0 Å². The van der Waals surface area contributed by atoms with E-state index in [1.807, 2.05) is 18.7 Å². The van der Waals surface area contributed by atoms with Crippen molar-refractivity contribution >= 4 is 5.91 Å². The summed E-state index contributed by atoms with van der Waals surface area (Å²) in [6.45, 7) is 13.0. The van der Waals surface area contributed by atoms with Gasteiger partial charge in [-0.1, -0.05) is 13.8 Å². The molecule has 1 heterocycles. The molecule has 1 aliphatic heterocycles. The highest BCUT2D eigenvalue weighted by molar-refractivity contribution is 5.76. The van der Waals surface area contributed by atoms with Crippen LogP contribution in [0.1, 0.15) is 53.4 Å². The first kappa shape index (κ1) is 17.4. The minimum atomic E-state index is 0.211. The summed E-state index contributed by atoms with van der Waals surface area (Å²) in [6, 6.07) is 0.211. The molecule has 0 aromatic heterocycles. The third-order valence-electron chi connectivity index (χ3n) is 5.28. The summed E-state index contributed by atoms with van der Waals surface area (Å²) >= 11 is 0. The standard InChI is InChI=1S/C16H33N3O/c1-5-16(6-2)9-10-19(13-16)14(12-17)11-15(20)18(7-3)8-4/h14H,5-13,17H2,1-4H3. The number of carbonyl (C=O) groups excluding carboxylic acids is 1. The Morgan fingerprint density at radius 3 is 2.25 bits per heavy atom. The maximum atomic E-state index is 12.3. The van der Waals surface area contributed by atoms with Crippen molar-refractivity contribution in [3.8, 4) is 0 Å². The van der Waals surface area contributed by atoms with E-state index in [9.17, 15) is 4.79 Å². The topological polar surface area (TPSA) is 49.6 Å². The molecule has 4 nitrogen and oxygen atoms in total. The molecule has 1 atom stereocenters. The van der Waals surface area contributed by atoms with Gasteiger partial charge in [0, 0.05) is 38.6 Å². The van der Waals surface area contributed by atoms with Crippen LogP contribution in [0, 0.1) is 5.41 Å². The predicted molar refractivity (Wildman–Crippen MR) is 84.6 cm³/mol. The number of hydrogen-bond acceptors (Lipinski definition) is 3. The van der Waals surface area contributed by atoms with Crippen LogP contribution in [0.2, 0.25) is 0 Å². The number of hydrogen-bond donors (Lipinski definition) is 1. The van der Waals surface area contributed by atoms with Gasteiger partial charge in [-0.3, -0.25) is 9.69 Å². The van der Waals surface area contributed by atoms with E-state index < -0.39 is 0 Å². The van der Waals surface area contributed by atoms with Crippen molar-refractivity contribution in [3.05, 3.63) is 0 Å². The molecular formula is C16H33N3O. The molecule has 0 aromatic carbocycles. The third-order valence-corrected chi connectivity index (χ3v) is 5.28. The number of likely N-dealkylation sites (tertiary alicyclic amines) is 1. The van der Waals surface area contributed by atoms with E-state index in [2.05, 4.69) is 18.7 Å². The van der Waals surface area contributed by atoms with Gasteiger partial charge in [-0.25, -0.2) is 0 Å². The van der Waals surface area contributed by atoms with Gasteiger partial charge in [-0.2, -0.15) is 0 Å². The Bertz CT molecular complexity index is 298. The lowest BCUT2D eigenvalue weighted by Gasteiger charge is -2.31. The number of amides is 1. The number of nitrogens with zero attached hydrogens (tertiary/aromatic N) is 2. The van der Waals surface area contributed by atoms with Gasteiger partial charge in [-0.15, -0.1) is 0 Å². The lowest BCUT2D eigenvalue weighted by molar-refractivity contribution is -0.132. The van der Waals surface area contributed by atoms with Gasteiger partial charge in [0.2, 0.25) is 5.91 Å². The number of carbonyl (C=O) groups is 1. The monoisotopic (exact) mass is 283 g/mol. The summed E-state index contributed by atoms with van der Waals surface area (Å²) < 4.78 is 0. The average molecular weight is 283 g/mol. The van der Waals surface area contributed by atoms with Crippen molar-refractivity contribution in [2.75, 3.05) is 32.7 Å². The molecule has 1 amide bonds. The molecule has 1 unspecified atom stereocenters. The molecule has 1 fully saturated rings. The highest BCUT2D eigenvalue weighted by Gasteiger charge is 2.38. The Labute approximate surface area is 124 Å². The average Bonchev–Trinajstić information content (AvgIpc) is 2.91. The number of nitrogens with two attached hydrogens (primary N) is 1. The summed E-state index contributed by atoms with van der Waals surface area (Å²) in [4.78, 5) is 16.6. The molecule has 2 N–H and O–H groups in total. The SMILES string of the molecule is CCN(CC)C(=O)CC(CN)N1CCC(CC)(CC)C1. The summed E-state index contributed by atoms with van der Waals surface area (Å²) in [5.74, 6) is 0.246. The van der Waals surface area contributed by atoms with Gasteiger partial charge in [0.15, 0.2) is 0 Å². The first-order valence-corrected chi connectivity index (χ1v) is 8.27. The van der Waals surface area contributed by atoms with Gasteiger partial charge < -0.3 is 10.6 Å². The first-order valence-electron chi connectivity index (χ1n) is 8.27. The van der Waals surface area contributed by atoms with Crippen LogP contribution in [0.5, 0.6) is 0 Å². The van der Waals surface area contributed by atoms with Crippen LogP contribution in [0.3, 0.4) is 0 Å². The molecule has 4 heteroatoms. The molecule has 118 valence electrons. The fourth-order valence-corrected chi connectivity index (χ4v) is 3.38. The van der Waals surface area contributed by atoms with Crippen LogP contribution in [-0.2, 0) is 4.79 Å². The second-order valence-electron chi connectivity index (χ2n) is 6.09. The van der Waals surface area contributed by atoms with Gasteiger partial charge in [-0.05, 0) is 45.1 Å². The first-order chi connectivity index (χ1) is 9.55. The Balaban J connectivity index is 2.62. The summed E-state index contributed by atoms with van der Waals surface area (Å²) in [5.41, 5.74) is 6.39. The third kappa shape index (κ3) is 3.95. The lowest BCUT2D eigenvalue weighted by Crippen LogP contribution is -2.44. The second-order valence-corrected chi connectivity index (χ2v) is 6.09. The van der Waals surface area contributed by atoms with Crippen LogP contribution >= 0.6 is 0 Å². The van der Waals surface area contributed by atoms with Gasteiger partial charge >= 0.3 is 0 Å². The zero-order valence-corrected chi connectivity index (χ0v) is 13.8. The van der Waals surface area contributed by atoms with Crippen molar-refractivity contribution in [2.45, 2.75) is 59.4 Å². The lowest BCUT2D eigenvalue weighted by atomic mass is 9.82. The summed E-state index contributed by atoms with van der Waals surface area (Å²) in [7, 11) is 0. The molecular weight excluding hydrogens is 250 g/mol. The minimum Gasteiger partial charge on any atom is -0.343 e. The molecule has 0 spiro atoms. The van der Waals surface area contributed by atoms with Crippen LogP contribution < -0.4 is 5.73 Å². The maximum absolute atomic E-state index is 12.3. The number of rotatable bonds is 8. The Kier molecular flexibility index (Phi) is 6.96. The Hall–Kier alpha value is -0.610. The molecule has 1 aliphatic rings. The minimum absolute atomic E-state index is 0.211. The van der Waals surface area contributed by atoms with Crippen molar-refractivity contribution in [1.82, 2.24) is 9.80 Å². The molecule has 0 saturated carbocycles. The summed E-state index contributed by atoms with van der Waals surface area (Å²) in [6.07, 6.45) is 4.26. The van der Waals surface area contributed by atoms with E-state index in [0.29, 0.717) is 18.4 Å². The van der Waals surface area contributed by atoms with Crippen molar-refractivity contribution < 1.29 is 4.79 Å². The fourth-order valence-electron chi connectivity index (χ4n) is 3.38. The van der Waals surface area contributed by atoms with E-state index in [1.54, 1.807) is 0 Å². The van der Waals surface area contributed by atoms with Crippen molar-refractivity contribution in [1.29, 1.82) is 0 Å². The second kappa shape index (κ2) is 7.99. The van der Waals surface area contributed by atoms with E-state index in [-0.39, 0.29) is 11.9 Å². The maximum Gasteiger partial charge on any atom is 0.224 e. The Morgan fingerprint density at radius 2 is 1.85 bits per heavy atom. The van der Waals surface area contributed by atoms with Crippen LogP contribution in [0.15, 0.2) is 0 Å². The highest BCUT2D eigenvalue weighted by atomic mass is 16.2. The summed E-state index contributed by atoms with van der Waals surface area (Å²) in [5, 5.41) is 0. The largest absolute Gasteiger partial charge is 0.343 e. The van der Waals surface area contributed by atoms with Gasteiger partial charge in [0.25, 0.3) is 0 Å². The molecule has 0 aliphatic carbocycles. The van der Waals surface area contributed by atoms with Crippen LogP contribution in [0.4, 0.5) is 0 Å². The van der Waals surface area contributed by atoms with E-state index >= 15 is 0 Å². The highest BCUT2D eigenvalue weighted by Crippen LogP contribution is 2.38. The van der Waals surface area contributed by atoms with E-state index in [4.69, 9.17) is 5.73 Å². The molecule has 0 radical (unpaired) electrons. The normalized spacial score (nSPS) is 20.1. The smallest absolute Gasteiger partial charge is 0.224 e. The van der Waals surface area contributed by atoms with E-state index in [1.165, 1.54) is 19.3 Å². The zero-order chi connectivity index (χ0) is 15.2.